The zero-order chi connectivity index (χ0) is 21.2. The van der Waals surface area contributed by atoms with Crippen LogP contribution in [0.4, 0.5) is 0 Å². The number of aliphatic imine (C=N–C) groups is 1. The molecule has 0 aliphatic rings. The number of ether oxygens (including phenoxy) is 1. The van der Waals surface area contributed by atoms with Crippen molar-refractivity contribution >= 4 is 5.96 Å². The number of aryl methyl sites for hydroxylation is 2. The Hall–Kier alpha value is -3.35. The molecular weight excluding hydrogens is 376 g/mol. The van der Waals surface area contributed by atoms with Crippen molar-refractivity contribution < 1.29 is 4.74 Å². The number of aromatic nitrogens is 3. The highest BCUT2D eigenvalue weighted by atomic mass is 16.5. The van der Waals surface area contributed by atoms with Crippen LogP contribution in [0, 0.1) is 6.92 Å². The summed E-state index contributed by atoms with van der Waals surface area (Å²) in [4.78, 5) is 4.74. The second-order valence-electron chi connectivity index (χ2n) is 6.94. The molecule has 0 fully saturated rings. The third-order valence-electron chi connectivity index (χ3n) is 4.60. The van der Waals surface area contributed by atoms with E-state index in [1.807, 2.05) is 42.5 Å². The highest BCUT2D eigenvalue weighted by Crippen LogP contribution is 2.26. The quantitative estimate of drug-likeness (QED) is 0.419. The van der Waals surface area contributed by atoms with Crippen molar-refractivity contribution in [3.63, 3.8) is 0 Å². The minimum Gasteiger partial charge on any atom is -0.457 e. The number of nitrogens with zero attached hydrogens (tertiary/aromatic N) is 4. The van der Waals surface area contributed by atoms with E-state index in [2.05, 4.69) is 52.2 Å². The van der Waals surface area contributed by atoms with Crippen molar-refractivity contribution in [1.29, 1.82) is 0 Å². The molecule has 3 rings (SSSR count). The fourth-order valence-corrected chi connectivity index (χ4v) is 3.08. The number of para-hydroxylation sites is 1. The van der Waals surface area contributed by atoms with E-state index in [1.165, 1.54) is 5.56 Å². The summed E-state index contributed by atoms with van der Waals surface area (Å²) in [7, 11) is 0. The molecule has 7 heteroatoms. The monoisotopic (exact) mass is 406 g/mol. The fourth-order valence-electron chi connectivity index (χ4n) is 3.08. The molecule has 0 unspecified atom stereocenters. The average molecular weight is 407 g/mol. The predicted molar refractivity (Wildman–Crippen MR) is 120 cm³/mol. The first-order valence-electron chi connectivity index (χ1n) is 10.4. The van der Waals surface area contributed by atoms with Gasteiger partial charge in [0, 0.05) is 31.6 Å². The van der Waals surface area contributed by atoms with Crippen molar-refractivity contribution in [3.05, 3.63) is 71.8 Å². The standard InChI is InChI=1S/C23H30N6O/c1-4-22-28-27-17-29(22)14-13-25-23(24-5-2)26-16-19-10-6-7-12-21(19)30-20-11-8-9-18(3)15-20/h6-12,15,17H,4-5,13-14,16H2,1-3H3,(H2,24,25,26). The zero-order valence-electron chi connectivity index (χ0n) is 17.9. The van der Waals surface area contributed by atoms with E-state index in [9.17, 15) is 0 Å². The number of hydrogen-bond acceptors (Lipinski definition) is 4. The maximum absolute atomic E-state index is 6.11. The van der Waals surface area contributed by atoms with Gasteiger partial charge in [-0.05, 0) is 37.6 Å². The van der Waals surface area contributed by atoms with Gasteiger partial charge in [0.25, 0.3) is 0 Å². The van der Waals surface area contributed by atoms with Crippen LogP contribution in [-0.2, 0) is 19.5 Å². The molecule has 30 heavy (non-hydrogen) atoms. The maximum atomic E-state index is 6.11. The summed E-state index contributed by atoms with van der Waals surface area (Å²) in [5.41, 5.74) is 2.20. The molecule has 7 nitrogen and oxygen atoms in total. The Labute approximate surface area is 178 Å². The van der Waals surface area contributed by atoms with Crippen LogP contribution in [0.1, 0.15) is 30.8 Å². The largest absolute Gasteiger partial charge is 0.457 e. The van der Waals surface area contributed by atoms with Crippen LogP contribution in [0.25, 0.3) is 0 Å². The normalized spacial score (nSPS) is 11.4. The van der Waals surface area contributed by atoms with Gasteiger partial charge in [0.2, 0.25) is 0 Å². The van der Waals surface area contributed by atoms with Crippen molar-refractivity contribution in [2.75, 3.05) is 13.1 Å². The van der Waals surface area contributed by atoms with E-state index in [0.717, 1.165) is 54.9 Å². The smallest absolute Gasteiger partial charge is 0.191 e. The SMILES string of the molecule is CCNC(=NCc1ccccc1Oc1cccc(C)c1)NCCn1cnnc1CC. The van der Waals surface area contributed by atoms with E-state index in [4.69, 9.17) is 9.73 Å². The van der Waals surface area contributed by atoms with Crippen molar-refractivity contribution in [1.82, 2.24) is 25.4 Å². The van der Waals surface area contributed by atoms with Crippen molar-refractivity contribution in [3.8, 4) is 11.5 Å². The number of rotatable bonds is 9. The first-order valence-corrected chi connectivity index (χ1v) is 10.4. The molecular formula is C23H30N6O. The van der Waals surface area contributed by atoms with Gasteiger partial charge in [-0.1, -0.05) is 37.3 Å². The Morgan fingerprint density at radius 3 is 2.77 bits per heavy atom. The summed E-state index contributed by atoms with van der Waals surface area (Å²) >= 11 is 0. The van der Waals surface area contributed by atoms with Gasteiger partial charge in [0.15, 0.2) is 5.96 Å². The van der Waals surface area contributed by atoms with E-state index >= 15 is 0 Å². The average Bonchev–Trinajstić information content (AvgIpc) is 3.20. The summed E-state index contributed by atoms with van der Waals surface area (Å²) in [6.07, 6.45) is 2.63. The van der Waals surface area contributed by atoms with Gasteiger partial charge >= 0.3 is 0 Å². The molecule has 0 amide bonds. The van der Waals surface area contributed by atoms with E-state index in [0.29, 0.717) is 6.54 Å². The van der Waals surface area contributed by atoms with Crippen LogP contribution in [-0.4, -0.2) is 33.8 Å². The highest BCUT2D eigenvalue weighted by Gasteiger charge is 2.06. The second kappa shape index (κ2) is 11.0. The Morgan fingerprint density at radius 1 is 1.10 bits per heavy atom. The summed E-state index contributed by atoms with van der Waals surface area (Å²) < 4.78 is 8.17. The molecule has 1 aromatic heterocycles. The van der Waals surface area contributed by atoms with Crippen molar-refractivity contribution in [2.24, 2.45) is 4.99 Å². The van der Waals surface area contributed by atoms with Crippen LogP contribution >= 0.6 is 0 Å². The third kappa shape index (κ3) is 6.07. The minimum absolute atomic E-state index is 0.518. The minimum atomic E-state index is 0.518. The lowest BCUT2D eigenvalue weighted by Crippen LogP contribution is -2.38. The van der Waals surface area contributed by atoms with E-state index < -0.39 is 0 Å². The lowest BCUT2D eigenvalue weighted by molar-refractivity contribution is 0.476. The summed E-state index contributed by atoms with van der Waals surface area (Å²) in [6, 6.07) is 16.1. The number of hydrogen-bond donors (Lipinski definition) is 2. The van der Waals surface area contributed by atoms with E-state index in [-0.39, 0.29) is 0 Å². The molecule has 2 N–H and O–H groups in total. The number of nitrogens with one attached hydrogen (secondary N) is 2. The number of benzene rings is 2. The molecule has 0 atom stereocenters. The Balaban J connectivity index is 1.64. The summed E-state index contributed by atoms with van der Waals surface area (Å²) in [5, 5.41) is 14.8. The Bertz CT molecular complexity index is 966. The molecule has 1 heterocycles. The topological polar surface area (TPSA) is 76.4 Å². The maximum Gasteiger partial charge on any atom is 0.191 e. The van der Waals surface area contributed by atoms with E-state index in [1.54, 1.807) is 6.33 Å². The van der Waals surface area contributed by atoms with Crippen LogP contribution < -0.4 is 15.4 Å². The summed E-state index contributed by atoms with van der Waals surface area (Å²) in [5.74, 6) is 3.41. The predicted octanol–water partition coefficient (Wildman–Crippen LogP) is 3.70. The highest BCUT2D eigenvalue weighted by molar-refractivity contribution is 5.79. The molecule has 0 aliphatic heterocycles. The molecule has 3 aromatic rings. The second-order valence-corrected chi connectivity index (χ2v) is 6.94. The lowest BCUT2D eigenvalue weighted by Gasteiger charge is -2.13. The molecule has 0 radical (unpaired) electrons. The first-order chi connectivity index (χ1) is 14.7. The van der Waals surface area contributed by atoms with Gasteiger partial charge in [0.1, 0.15) is 23.7 Å². The zero-order valence-corrected chi connectivity index (χ0v) is 17.9. The van der Waals surface area contributed by atoms with Gasteiger partial charge in [-0.3, -0.25) is 0 Å². The molecule has 0 bridgehead atoms. The van der Waals surface area contributed by atoms with Crippen molar-refractivity contribution in [2.45, 2.75) is 40.3 Å². The summed E-state index contributed by atoms with van der Waals surface area (Å²) in [6.45, 7) is 9.02. The molecule has 0 spiro atoms. The van der Waals surface area contributed by atoms with Gasteiger partial charge in [-0.2, -0.15) is 0 Å². The van der Waals surface area contributed by atoms with Crippen LogP contribution in [0.5, 0.6) is 11.5 Å². The fraction of sp³-hybridized carbons (Fsp3) is 0.348. The van der Waals surface area contributed by atoms with Gasteiger partial charge < -0.3 is 19.9 Å². The molecule has 158 valence electrons. The Morgan fingerprint density at radius 2 is 1.97 bits per heavy atom. The molecule has 0 saturated carbocycles. The Kier molecular flexibility index (Phi) is 7.83. The van der Waals surface area contributed by atoms with Gasteiger partial charge in [-0.15, -0.1) is 10.2 Å². The number of guanidine groups is 1. The lowest BCUT2D eigenvalue weighted by atomic mass is 10.2. The third-order valence-corrected chi connectivity index (χ3v) is 4.60. The first kappa shape index (κ1) is 21.4. The van der Waals surface area contributed by atoms with Crippen LogP contribution in [0.2, 0.25) is 0 Å². The van der Waals surface area contributed by atoms with Gasteiger partial charge in [0.05, 0.1) is 6.54 Å². The van der Waals surface area contributed by atoms with Gasteiger partial charge in [-0.25, -0.2) is 4.99 Å². The van der Waals surface area contributed by atoms with Crippen LogP contribution in [0.15, 0.2) is 59.9 Å². The molecule has 0 saturated heterocycles. The molecule has 2 aromatic carbocycles. The van der Waals surface area contributed by atoms with Crippen LogP contribution in [0.3, 0.4) is 0 Å². The molecule has 0 aliphatic carbocycles.